The molecule has 6 heteroatoms. The van der Waals surface area contributed by atoms with Crippen LogP contribution in [0.15, 0.2) is 24.3 Å². The summed E-state index contributed by atoms with van der Waals surface area (Å²) in [5.41, 5.74) is 0.430. The van der Waals surface area contributed by atoms with Crippen LogP contribution in [0.1, 0.15) is 63.2 Å². The minimum atomic E-state index is -0.189. The van der Waals surface area contributed by atoms with E-state index in [9.17, 15) is 9.59 Å². The van der Waals surface area contributed by atoms with Gasteiger partial charge in [-0.15, -0.1) is 0 Å². The molecule has 0 aromatic heterocycles. The van der Waals surface area contributed by atoms with Crippen molar-refractivity contribution in [2.24, 2.45) is 11.3 Å². The standard InChI is InChI=1S/C26H39N3O3/c1-5-29-24(31)25(10-14-27(15-11-25)18-20(2)3)19-26(29)12-16-28(17-13-26)23(30)21-6-8-22(32-4)9-7-21/h6-9,20H,5,10-19H2,1-4H3. The fraction of sp³-hybridized carbons (Fsp3) is 0.692. The van der Waals surface area contributed by atoms with Gasteiger partial charge in [-0.1, -0.05) is 13.8 Å². The predicted molar refractivity (Wildman–Crippen MR) is 126 cm³/mol. The molecule has 3 fully saturated rings. The van der Waals surface area contributed by atoms with Crippen LogP contribution in [0.5, 0.6) is 5.75 Å². The average Bonchev–Trinajstić information content (AvgIpc) is 3.02. The van der Waals surface area contributed by atoms with E-state index in [1.165, 1.54) is 0 Å². The smallest absolute Gasteiger partial charge is 0.253 e. The summed E-state index contributed by atoms with van der Waals surface area (Å²) in [6, 6.07) is 7.34. The van der Waals surface area contributed by atoms with E-state index in [-0.39, 0.29) is 16.9 Å². The molecule has 0 N–H and O–H groups in total. The van der Waals surface area contributed by atoms with E-state index in [2.05, 4.69) is 30.6 Å². The van der Waals surface area contributed by atoms with E-state index in [0.717, 1.165) is 64.0 Å². The minimum Gasteiger partial charge on any atom is -0.497 e. The number of hydrogen-bond donors (Lipinski definition) is 0. The lowest BCUT2D eigenvalue weighted by Gasteiger charge is -2.45. The number of ether oxygens (including phenoxy) is 1. The van der Waals surface area contributed by atoms with Crippen LogP contribution < -0.4 is 4.74 Å². The third-order valence-electron chi connectivity index (χ3n) is 8.01. The molecule has 176 valence electrons. The molecule has 3 heterocycles. The number of likely N-dealkylation sites (tertiary alicyclic amines) is 3. The van der Waals surface area contributed by atoms with Gasteiger partial charge >= 0.3 is 0 Å². The Balaban J connectivity index is 1.43. The second kappa shape index (κ2) is 9.05. The van der Waals surface area contributed by atoms with E-state index in [1.807, 2.05) is 29.2 Å². The number of rotatable bonds is 5. The van der Waals surface area contributed by atoms with Crippen LogP contribution in [0.4, 0.5) is 0 Å². The van der Waals surface area contributed by atoms with Crippen LogP contribution in [0, 0.1) is 11.3 Å². The van der Waals surface area contributed by atoms with Gasteiger partial charge in [0.25, 0.3) is 5.91 Å². The van der Waals surface area contributed by atoms with E-state index in [0.29, 0.717) is 30.5 Å². The van der Waals surface area contributed by atoms with Crippen molar-refractivity contribution in [3.8, 4) is 5.75 Å². The highest BCUT2D eigenvalue weighted by molar-refractivity contribution is 5.94. The molecule has 1 aromatic carbocycles. The topological polar surface area (TPSA) is 53.1 Å². The van der Waals surface area contributed by atoms with Crippen LogP contribution in [-0.4, -0.2) is 78.4 Å². The van der Waals surface area contributed by atoms with Crippen molar-refractivity contribution in [3.63, 3.8) is 0 Å². The van der Waals surface area contributed by atoms with E-state index >= 15 is 0 Å². The molecule has 2 spiro atoms. The Kier molecular flexibility index (Phi) is 6.53. The van der Waals surface area contributed by atoms with E-state index < -0.39 is 0 Å². The fourth-order valence-corrected chi connectivity index (χ4v) is 6.34. The molecule has 3 aliphatic heterocycles. The molecule has 0 radical (unpaired) electrons. The second-order valence-corrected chi connectivity index (χ2v) is 10.4. The number of hydrogen-bond acceptors (Lipinski definition) is 4. The summed E-state index contributed by atoms with van der Waals surface area (Å²) in [7, 11) is 1.63. The summed E-state index contributed by atoms with van der Waals surface area (Å²) in [6.07, 6.45) is 4.68. The fourth-order valence-electron chi connectivity index (χ4n) is 6.34. The maximum atomic E-state index is 13.6. The van der Waals surface area contributed by atoms with Crippen molar-refractivity contribution in [2.75, 3.05) is 46.4 Å². The summed E-state index contributed by atoms with van der Waals surface area (Å²) >= 11 is 0. The van der Waals surface area contributed by atoms with Crippen molar-refractivity contribution in [1.82, 2.24) is 14.7 Å². The number of piperidine rings is 2. The monoisotopic (exact) mass is 441 g/mol. The van der Waals surface area contributed by atoms with Crippen molar-refractivity contribution >= 4 is 11.8 Å². The normalized spacial score (nSPS) is 22.8. The van der Waals surface area contributed by atoms with Crippen molar-refractivity contribution in [1.29, 1.82) is 0 Å². The summed E-state index contributed by atoms with van der Waals surface area (Å²) in [5, 5.41) is 0. The summed E-state index contributed by atoms with van der Waals surface area (Å²) in [5.74, 6) is 1.87. The maximum absolute atomic E-state index is 13.6. The molecule has 0 bridgehead atoms. The number of carbonyl (C=O) groups excluding carboxylic acids is 2. The van der Waals surface area contributed by atoms with E-state index in [1.54, 1.807) is 7.11 Å². The molecule has 2 amide bonds. The number of amides is 2. The van der Waals surface area contributed by atoms with Gasteiger partial charge in [0.1, 0.15) is 5.75 Å². The Morgan fingerprint density at radius 1 is 1.03 bits per heavy atom. The number of nitrogens with zero attached hydrogens (tertiary/aromatic N) is 3. The Labute approximate surface area is 192 Å². The Hall–Kier alpha value is -2.08. The molecule has 3 aliphatic rings. The Morgan fingerprint density at radius 3 is 2.19 bits per heavy atom. The van der Waals surface area contributed by atoms with E-state index in [4.69, 9.17) is 4.74 Å². The SMILES string of the molecule is CCN1C(=O)C2(CCN(CC(C)C)CC2)CC12CCN(C(=O)c1ccc(OC)cc1)CC2. The average molecular weight is 442 g/mol. The van der Waals surface area contributed by atoms with Gasteiger partial charge in [0.2, 0.25) is 5.91 Å². The van der Waals surface area contributed by atoms with Crippen molar-refractivity contribution in [2.45, 2.75) is 58.4 Å². The van der Waals surface area contributed by atoms with Gasteiger partial charge in [-0.05, 0) is 82.3 Å². The van der Waals surface area contributed by atoms with Crippen molar-refractivity contribution in [3.05, 3.63) is 29.8 Å². The molecule has 0 atom stereocenters. The molecular weight excluding hydrogens is 402 g/mol. The molecule has 3 saturated heterocycles. The van der Waals surface area contributed by atoms with Gasteiger partial charge in [-0.25, -0.2) is 0 Å². The van der Waals surface area contributed by atoms with Crippen LogP contribution >= 0.6 is 0 Å². The van der Waals surface area contributed by atoms with Gasteiger partial charge in [0.15, 0.2) is 0 Å². The lowest BCUT2D eigenvalue weighted by Crippen LogP contribution is -2.54. The summed E-state index contributed by atoms with van der Waals surface area (Å²) in [4.78, 5) is 33.3. The molecule has 4 rings (SSSR count). The minimum absolute atomic E-state index is 0.0755. The summed E-state index contributed by atoms with van der Waals surface area (Å²) < 4.78 is 5.21. The van der Waals surface area contributed by atoms with Gasteiger partial charge in [-0.3, -0.25) is 9.59 Å². The Morgan fingerprint density at radius 2 is 1.66 bits per heavy atom. The zero-order valence-corrected chi connectivity index (χ0v) is 20.2. The number of benzene rings is 1. The lowest BCUT2D eigenvalue weighted by molar-refractivity contribution is -0.140. The zero-order valence-electron chi connectivity index (χ0n) is 20.2. The van der Waals surface area contributed by atoms with Crippen LogP contribution in [0.3, 0.4) is 0 Å². The number of carbonyl (C=O) groups is 2. The molecular formula is C26H39N3O3. The largest absolute Gasteiger partial charge is 0.497 e. The molecule has 1 aromatic rings. The summed E-state index contributed by atoms with van der Waals surface area (Å²) in [6.45, 7) is 12.0. The first-order chi connectivity index (χ1) is 15.3. The third-order valence-corrected chi connectivity index (χ3v) is 8.01. The molecule has 0 unspecified atom stereocenters. The van der Waals surface area contributed by atoms with Crippen LogP contribution in [0.25, 0.3) is 0 Å². The highest BCUT2D eigenvalue weighted by Crippen LogP contribution is 2.52. The number of methoxy groups -OCH3 is 1. The second-order valence-electron chi connectivity index (χ2n) is 10.4. The zero-order chi connectivity index (χ0) is 22.9. The first-order valence-corrected chi connectivity index (χ1v) is 12.3. The molecule has 0 saturated carbocycles. The van der Waals surface area contributed by atoms with Crippen LogP contribution in [-0.2, 0) is 4.79 Å². The lowest BCUT2D eigenvalue weighted by atomic mass is 9.71. The highest BCUT2D eigenvalue weighted by atomic mass is 16.5. The predicted octanol–water partition coefficient (Wildman–Crippen LogP) is 3.66. The quantitative estimate of drug-likeness (QED) is 0.700. The third kappa shape index (κ3) is 4.14. The van der Waals surface area contributed by atoms with Crippen molar-refractivity contribution < 1.29 is 14.3 Å². The maximum Gasteiger partial charge on any atom is 0.253 e. The molecule has 0 aliphatic carbocycles. The van der Waals surface area contributed by atoms with Gasteiger partial charge in [0, 0.05) is 37.3 Å². The molecule has 6 nitrogen and oxygen atoms in total. The van der Waals surface area contributed by atoms with Gasteiger partial charge < -0.3 is 19.4 Å². The first kappa shape index (κ1) is 23.1. The van der Waals surface area contributed by atoms with Crippen LogP contribution in [0.2, 0.25) is 0 Å². The Bertz CT molecular complexity index is 819. The highest BCUT2D eigenvalue weighted by Gasteiger charge is 2.59. The van der Waals surface area contributed by atoms with Gasteiger partial charge in [-0.2, -0.15) is 0 Å². The first-order valence-electron chi connectivity index (χ1n) is 12.3. The van der Waals surface area contributed by atoms with Gasteiger partial charge in [0.05, 0.1) is 12.5 Å². The molecule has 32 heavy (non-hydrogen) atoms.